The first-order chi connectivity index (χ1) is 14.5. The predicted molar refractivity (Wildman–Crippen MR) is 121 cm³/mol. The number of hydrogen-bond acceptors (Lipinski definition) is 5. The molecule has 5 nitrogen and oxygen atoms in total. The number of thioether (sulfide) groups is 1. The normalized spacial score (nSPS) is 16.1. The fourth-order valence-electron chi connectivity index (χ4n) is 3.61. The molecule has 0 bridgehead atoms. The number of carbonyl (C=O) groups is 1. The first-order valence-corrected chi connectivity index (χ1v) is 11.5. The topological polar surface area (TPSA) is 57.0 Å². The number of halogens is 2. The SMILES string of the molecule is CCc1cccc(CC)c1-n1c(SC2CCOC2=O)nnc1-c1ccc(Cl)cc1Cl. The maximum Gasteiger partial charge on any atom is 0.319 e. The number of carbonyl (C=O) groups excluding carboxylic acids is 1. The fraction of sp³-hybridized carbons (Fsp3) is 0.318. The molecule has 0 saturated carbocycles. The Hall–Kier alpha value is -2.02. The van der Waals surface area contributed by atoms with Crippen molar-refractivity contribution in [1.82, 2.24) is 14.8 Å². The van der Waals surface area contributed by atoms with Gasteiger partial charge in [-0.15, -0.1) is 10.2 Å². The Kier molecular flexibility index (Phi) is 6.37. The van der Waals surface area contributed by atoms with Crippen molar-refractivity contribution in [3.63, 3.8) is 0 Å². The minimum Gasteiger partial charge on any atom is -0.465 e. The van der Waals surface area contributed by atoms with Crippen LogP contribution in [0.2, 0.25) is 10.0 Å². The fourth-order valence-corrected chi connectivity index (χ4v) is 5.10. The van der Waals surface area contributed by atoms with E-state index < -0.39 is 0 Å². The van der Waals surface area contributed by atoms with E-state index >= 15 is 0 Å². The lowest BCUT2D eigenvalue weighted by molar-refractivity contribution is -0.137. The Morgan fingerprint density at radius 1 is 1.13 bits per heavy atom. The maximum absolute atomic E-state index is 12.1. The summed E-state index contributed by atoms with van der Waals surface area (Å²) in [6, 6.07) is 11.6. The lowest BCUT2D eigenvalue weighted by atomic mass is 10.0. The summed E-state index contributed by atoms with van der Waals surface area (Å²) < 4.78 is 7.17. The van der Waals surface area contributed by atoms with E-state index in [4.69, 9.17) is 27.9 Å². The number of esters is 1. The number of cyclic esters (lactones) is 1. The third kappa shape index (κ3) is 3.96. The van der Waals surface area contributed by atoms with Gasteiger partial charge in [-0.2, -0.15) is 0 Å². The van der Waals surface area contributed by atoms with Crippen LogP contribution in [0.5, 0.6) is 0 Å². The molecule has 2 aromatic carbocycles. The van der Waals surface area contributed by atoms with Gasteiger partial charge in [-0.25, -0.2) is 0 Å². The van der Waals surface area contributed by atoms with Crippen molar-refractivity contribution < 1.29 is 9.53 Å². The molecule has 8 heteroatoms. The average Bonchev–Trinajstić information content (AvgIpc) is 3.33. The molecule has 0 radical (unpaired) electrons. The minimum atomic E-state index is -0.291. The van der Waals surface area contributed by atoms with Crippen molar-refractivity contribution in [3.8, 4) is 17.1 Å². The van der Waals surface area contributed by atoms with Gasteiger partial charge < -0.3 is 4.74 Å². The third-order valence-electron chi connectivity index (χ3n) is 5.13. The lowest BCUT2D eigenvalue weighted by Crippen LogP contribution is -2.12. The molecular weight excluding hydrogens is 441 g/mol. The van der Waals surface area contributed by atoms with E-state index in [0.29, 0.717) is 34.1 Å². The molecule has 1 atom stereocenters. The van der Waals surface area contributed by atoms with Crippen LogP contribution in [0.25, 0.3) is 17.1 Å². The molecular formula is C22H21Cl2N3O2S. The largest absolute Gasteiger partial charge is 0.465 e. The van der Waals surface area contributed by atoms with Crippen molar-refractivity contribution >= 4 is 40.9 Å². The molecule has 4 rings (SSSR count). The van der Waals surface area contributed by atoms with Crippen molar-refractivity contribution in [1.29, 1.82) is 0 Å². The predicted octanol–water partition coefficient (Wildman–Crippen LogP) is 5.77. The number of nitrogens with zero attached hydrogens (tertiary/aromatic N) is 3. The van der Waals surface area contributed by atoms with Crippen LogP contribution in [0, 0.1) is 0 Å². The molecule has 1 unspecified atom stereocenters. The summed E-state index contributed by atoms with van der Waals surface area (Å²) in [7, 11) is 0. The Balaban J connectivity index is 1.94. The minimum absolute atomic E-state index is 0.208. The van der Waals surface area contributed by atoms with Crippen LogP contribution in [0.3, 0.4) is 0 Å². The van der Waals surface area contributed by atoms with Crippen molar-refractivity contribution in [2.24, 2.45) is 0 Å². The van der Waals surface area contributed by atoms with Gasteiger partial charge in [-0.05, 0) is 42.2 Å². The average molecular weight is 462 g/mol. The Labute approximate surface area is 189 Å². The Morgan fingerprint density at radius 2 is 1.87 bits per heavy atom. The summed E-state index contributed by atoms with van der Waals surface area (Å²) in [5.74, 6) is 0.418. The smallest absolute Gasteiger partial charge is 0.319 e. The molecule has 1 aliphatic rings. The molecule has 1 fully saturated rings. The highest BCUT2D eigenvalue weighted by Gasteiger charge is 2.31. The van der Waals surface area contributed by atoms with E-state index in [0.717, 1.165) is 24.1 Å². The zero-order chi connectivity index (χ0) is 21.3. The maximum atomic E-state index is 12.1. The van der Waals surface area contributed by atoms with E-state index in [2.05, 4.69) is 42.2 Å². The van der Waals surface area contributed by atoms with Crippen LogP contribution < -0.4 is 0 Å². The Bertz CT molecular complexity index is 1080. The molecule has 1 saturated heterocycles. The van der Waals surface area contributed by atoms with E-state index in [-0.39, 0.29) is 11.2 Å². The monoisotopic (exact) mass is 461 g/mol. The first kappa shape index (κ1) is 21.2. The molecule has 30 heavy (non-hydrogen) atoms. The second-order valence-corrected chi connectivity index (χ2v) is 8.97. The van der Waals surface area contributed by atoms with E-state index in [1.54, 1.807) is 12.1 Å². The zero-order valence-corrected chi connectivity index (χ0v) is 19.0. The highest BCUT2D eigenvalue weighted by Crippen LogP contribution is 2.38. The highest BCUT2D eigenvalue weighted by atomic mass is 35.5. The lowest BCUT2D eigenvalue weighted by Gasteiger charge is -2.18. The second kappa shape index (κ2) is 9.00. The van der Waals surface area contributed by atoms with Crippen LogP contribution in [-0.2, 0) is 22.4 Å². The summed E-state index contributed by atoms with van der Waals surface area (Å²) in [4.78, 5) is 12.1. The van der Waals surface area contributed by atoms with Gasteiger partial charge in [-0.3, -0.25) is 9.36 Å². The van der Waals surface area contributed by atoms with E-state index in [1.165, 1.54) is 22.9 Å². The highest BCUT2D eigenvalue weighted by molar-refractivity contribution is 8.00. The van der Waals surface area contributed by atoms with E-state index in [1.807, 2.05) is 10.6 Å². The quantitative estimate of drug-likeness (QED) is 0.435. The number of aromatic nitrogens is 3. The van der Waals surface area contributed by atoms with Crippen LogP contribution in [-0.4, -0.2) is 32.6 Å². The Morgan fingerprint density at radius 3 is 2.47 bits per heavy atom. The molecule has 3 aromatic rings. The van der Waals surface area contributed by atoms with Crippen LogP contribution >= 0.6 is 35.0 Å². The van der Waals surface area contributed by atoms with Crippen molar-refractivity contribution in [3.05, 3.63) is 57.6 Å². The third-order valence-corrected chi connectivity index (χ3v) is 6.86. The molecule has 0 amide bonds. The molecule has 1 aliphatic heterocycles. The van der Waals surface area contributed by atoms with Gasteiger partial charge in [0, 0.05) is 17.0 Å². The van der Waals surface area contributed by atoms with Crippen molar-refractivity contribution in [2.75, 3.05) is 6.61 Å². The second-order valence-electron chi connectivity index (χ2n) is 6.96. The molecule has 1 aromatic heterocycles. The van der Waals surface area contributed by atoms with Crippen molar-refractivity contribution in [2.45, 2.75) is 43.5 Å². The number of hydrogen-bond donors (Lipinski definition) is 0. The van der Waals surface area contributed by atoms with Gasteiger partial charge in [-0.1, -0.05) is 67.0 Å². The first-order valence-electron chi connectivity index (χ1n) is 9.88. The van der Waals surface area contributed by atoms with Gasteiger partial charge in [0.1, 0.15) is 5.25 Å². The van der Waals surface area contributed by atoms with Gasteiger partial charge in [0.05, 0.1) is 17.3 Å². The van der Waals surface area contributed by atoms with E-state index in [9.17, 15) is 4.79 Å². The zero-order valence-electron chi connectivity index (χ0n) is 16.7. The number of benzene rings is 2. The molecule has 0 N–H and O–H groups in total. The van der Waals surface area contributed by atoms with Crippen LogP contribution in [0.1, 0.15) is 31.4 Å². The number of ether oxygens (including phenoxy) is 1. The van der Waals surface area contributed by atoms with Crippen LogP contribution in [0.4, 0.5) is 0 Å². The molecule has 2 heterocycles. The summed E-state index contributed by atoms with van der Waals surface area (Å²) in [6.45, 7) is 4.68. The van der Waals surface area contributed by atoms with Gasteiger partial charge >= 0.3 is 5.97 Å². The van der Waals surface area contributed by atoms with Crippen LogP contribution in [0.15, 0.2) is 41.6 Å². The molecule has 0 aliphatic carbocycles. The summed E-state index contributed by atoms with van der Waals surface area (Å²) in [5.41, 5.74) is 4.14. The van der Waals surface area contributed by atoms with Gasteiger partial charge in [0.2, 0.25) is 0 Å². The number of para-hydroxylation sites is 1. The number of rotatable bonds is 6. The summed E-state index contributed by atoms with van der Waals surface area (Å²) >= 11 is 14.0. The summed E-state index contributed by atoms with van der Waals surface area (Å²) in [6.07, 6.45) is 2.36. The molecule has 0 spiro atoms. The summed E-state index contributed by atoms with van der Waals surface area (Å²) in [5, 5.41) is 10.4. The number of aryl methyl sites for hydroxylation is 2. The van der Waals surface area contributed by atoms with Gasteiger partial charge in [0.15, 0.2) is 11.0 Å². The molecule has 156 valence electrons. The van der Waals surface area contributed by atoms with Gasteiger partial charge in [0.25, 0.3) is 0 Å². The standard InChI is InChI=1S/C22H21Cl2N3O2S/c1-3-13-6-5-7-14(4-2)19(13)27-20(16-9-8-15(23)12-17(16)24)25-26-22(27)30-18-10-11-29-21(18)28/h5-9,12,18H,3-4,10-11H2,1-2H3.